The monoisotopic (exact) mass is 348 g/mol. The molecule has 0 aliphatic carbocycles. The van der Waals surface area contributed by atoms with Crippen molar-refractivity contribution in [2.24, 2.45) is 0 Å². The van der Waals surface area contributed by atoms with Crippen molar-refractivity contribution in [3.63, 3.8) is 0 Å². The van der Waals surface area contributed by atoms with Gasteiger partial charge in [-0.25, -0.2) is 0 Å². The molecule has 0 saturated carbocycles. The number of furan rings is 1. The molecule has 0 bridgehead atoms. The lowest BCUT2D eigenvalue weighted by Gasteiger charge is -2.29. The van der Waals surface area contributed by atoms with Gasteiger partial charge in [0.15, 0.2) is 17.3 Å². The molecule has 6 nitrogen and oxygen atoms in total. The van der Waals surface area contributed by atoms with E-state index >= 15 is 0 Å². The summed E-state index contributed by atoms with van der Waals surface area (Å²) in [6.07, 6.45) is 1.75. The fraction of sp³-hybridized carbons (Fsp3) is 0.474. The maximum absolute atomic E-state index is 5.61. The minimum absolute atomic E-state index is 0.670. The minimum Gasteiger partial charge on any atom is -0.493 e. The van der Waals surface area contributed by atoms with E-state index in [9.17, 15) is 0 Å². The van der Waals surface area contributed by atoms with Crippen molar-refractivity contribution in [3.8, 4) is 17.2 Å². The van der Waals surface area contributed by atoms with Crippen LogP contribution in [0.15, 0.2) is 34.9 Å². The zero-order chi connectivity index (χ0) is 17.6. The van der Waals surface area contributed by atoms with Gasteiger partial charge in [-0.1, -0.05) is 0 Å². The predicted octanol–water partition coefficient (Wildman–Crippen LogP) is -0.211. The summed E-state index contributed by atoms with van der Waals surface area (Å²) in [5.74, 6) is 3.22. The lowest BCUT2D eigenvalue weighted by atomic mass is 10.1. The number of hydrogen-bond donors (Lipinski definition) is 2. The van der Waals surface area contributed by atoms with Gasteiger partial charge in [-0.05, 0) is 24.3 Å². The molecule has 6 heteroatoms. The Balaban J connectivity index is 1.62. The number of quaternary nitrogens is 2. The summed E-state index contributed by atoms with van der Waals surface area (Å²) in [6.45, 7) is 6.45. The van der Waals surface area contributed by atoms with Gasteiger partial charge in [0.1, 0.15) is 39.3 Å². The average molecular weight is 348 g/mol. The van der Waals surface area contributed by atoms with Crippen LogP contribution in [-0.2, 0) is 13.1 Å². The molecule has 1 aliphatic heterocycles. The summed E-state index contributed by atoms with van der Waals surface area (Å²) in [7, 11) is 4.97. The highest BCUT2D eigenvalue weighted by Gasteiger charge is 2.26. The highest BCUT2D eigenvalue weighted by molar-refractivity contribution is 5.55. The van der Waals surface area contributed by atoms with Gasteiger partial charge < -0.3 is 28.4 Å². The highest BCUT2D eigenvalue weighted by Crippen LogP contribution is 2.39. The van der Waals surface area contributed by atoms with E-state index in [1.165, 1.54) is 0 Å². The minimum atomic E-state index is 0.670. The Kier molecular flexibility index (Phi) is 5.83. The van der Waals surface area contributed by atoms with Gasteiger partial charge in [0.2, 0.25) is 5.75 Å². The molecule has 0 amide bonds. The number of piperazine rings is 1. The Morgan fingerprint density at radius 1 is 0.840 bits per heavy atom. The first-order chi connectivity index (χ1) is 12.2. The fourth-order valence-electron chi connectivity index (χ4n) is 3.54. The molecule has 2 N–H and O–H groups in total. The molecule has 0 atom stereocenters. The van der Waals surface area contributed by atoms with Crippen molar-refractivity contribution < 1.29 is 28.4 Å². The van der Waals surface area contributed by atoms with Crippen LogP contribution >= 0.6 is 0 Å². The molecule has 1 aliphatic rings. The number of hydrogen-bond acceptors (Lipinski definition) is 4. The van der Waals surface area contributed by atoms with Crippen molar-refractivity contribution in [2.45, 2.75) is 13.1 Å². The molecule has 1 saturated heterocycles. The van der Waals surface area contributed by atoms with Crippen molar-refractivity contribution in [1.29, 1.82) is 0 Å². The first-order valence-corrected chi connectivity index (χ1v) is 8.72. The number of methoxy groups -OCH3 is 3. The zero-order valence-corrected chi connectivity index (χ0v) is 15.3. The molecule has 0 spiro atoms. The topological polar surface area (TPSA) is 49.7 Å². The van der Waals surface area contributed by atoms with E-state index in [1.54, 1.807) is 37.4 Å². The second-order valence-electron chi connectivity index (χ2n) is 6.43. The third-order valence-electron chi connectivity index (χ3n) is 4.89. The summed E-state index contributed by atoms with van der Waals surface area (Å²) >= 11 is 0. The first kappa shape index (κ1) is 17.6. The largest absolute Gasteiger partial charge is 0.493 e. The van der Waals surface area contributed by atoms with Crippen LogP contribution in [0.3, 0.4) is 0 Å². The molecule has 1 fully saturated rings. The van der Waals surface area contributed by atoms with Crippen molar-refractivity contribution in [2.75, 3.05) is 47.5 Å². The van der Waals surface area contributed by atoms with Gasteiger partial charge in [0.05, 0.1) is 33.2 Å². The van der Waals surface area contributed by atoms with E-state index in [0.29, 0.717) is 11.5 Å². The van der Waals surface area contributed by atoms with E-state index in [-0.39, 0.29) is 0 Å². The van der Waals surface area contributed by atoms with Crippen LogP contribution in [0, 0.1) is 0 Å². The van der Waals surface area contributed by atoms with Crippen LogP contribution in [0.1, 0.15) is 11.3 Å². The third kappa shape index (κ3) is 4.08. The lowest BCUT2D eigenvalue weighted by molar-refractivity contribution is -1.02. The zero-order valence-electron chi connectivity index (χ0n) is 15.3. The molecular formula is C19H28N2O4+2. The van der Waals surface area contributed by atoms with Crippen LogP contribution in [0.4, 0.5) is 0 Å². The van der Waals surface area contributed by atoms with Crippen LogP contribution < -0.4 is 24.0 Å². The van der Waals surface area contributed by atoms with E-state index < -0.39 is 0 Å². The molecule has 0 unspecified atom stereocenters. The smallest absolute Gasteiger partial charge is 0.203 e. The Morgan fingerprint density at radius 2 is 1.52 bits per heavy atom. The maximum Gasteiger partial charge on any atom is 0.203 e. The molecule has 2 heterocycles. The molecule has 136 valence electrons. The van der Waals surface area contributed by atoms with Gasteiger partial charge in [0, 0.05) is 0 Å². The molecule has 0 radical (unpaired) electrons. The molecule has 1 aromatic carbocycles. The number of rotatable bonds is 7. The van der Waals surface area contributed by atoms with E-state index in [4.69, 9.17) is 18.6 Å². The summed E-state index contributed by atoms with van der Waals surface area (Å²) in [4.78, 5) is 3.15. The van der Waals surface area contributed by atoms with Crippen LogP contribution in [0.2, 0.25) is 0 Å². The van der Waals surface area contributed by atoms with Crippen LogP contribution in [0.25, 0.3) is 0 Å². The van der Waals surface area contributed by atoms with Crippen LogP contribution in [-0.4, -0.2) is 47.5 Å². The van der Waals surface area contributed by atoms with Gasteiger partial charge in [0.25, 0.3) is 0 Å². The second-order valence-corrected chi connectivity index (χ2v) is 6.43. The van der Waals surface area contributed by atoms with E-state index in [1.807, 2.05) is 12.1 Å². The number of nitrogens with one attached hydrogen (secondary N) is 2. The maximum atomic E-state index is 5.61. The molecule has 25 heavy (non-hydrogen) atoms. The van der Waals surface area contributed by atoms with Crippen molar-refractivity contribution in [3.05, 3.63) is 41.9 Å². The lowest BCUT2D eigenvalue weighted by Crippen LogP contribution is -3.27. The average Bonchev–Trinajstić information content (AvgIpc) is 3.15. The van der Waals surface area contributed by atoms with Gasteiger partial charge >= 0.3 is 0 Å². The fourth-order valence-corrected chi connectivity index (χ4v) is 3.54. The standard InChI is InChI=1S/C19H26N2O4/c1-22-17-7-6-15(18(23-2)19(17)24-3)13-20-8-10-21(11-9-20)14-16-5-4-12-25-16/h4-7,12H,8-11,13-14H2,1-3H3/p+2. The number of ether oxygens (including phenoxy) is 3. The molecule has 1 aromatic heterocycles. The Hall–Kier alpha value is -2.18. The van der Waals surface area contributed by atoms with E-state index in [2.05, 4.69) is 12.1 Å². The normalized spacial score (nSPS) is 20.3. The summed E-state index contributed by atoms with van der Waals surface area (Å²) in [6, 6.07) is 8.05. The second kappa shape index (κ2) is 8.27. The predicted molar refractivity (Wildman–Crippen MR) is 93.6 cm³/mol. The van der Waals surface area contributed by atoms with Gasteiger partial charge in [-0.2, -0.15) is 0 Å². The van der Waals surface area contributed by atoms with Gasteiger partial charge in [-0.15, -0.1) is 0 Å². The SMILES string of the molecule is COc1ccc(C[NH+]2CC[NH+](Cc3ccco3)CC2)c(OC)c1OC. The number of benzene rings is 1. The Labute approximate surface area is 148 Å². The third-order valence-corrected chi connectivity index (χ3v) is 4.89. The molecular weight excluding hydrogens is 320 g/mol. The quantitative estimate of drug-likeness (QED) is 0.727. The van der Waals surface area contributed by atoms with Crippen molar-refractivity contribution >= 4 is 0 Å². The summed E-state index contributed by atoms with van der Waals surface area (Å²) < 4.78 is 21.9. The van der Waals surface area contributed by atoms with Crippen LogP contribution in [0.5, 0.6) is 17.2 Å². The highest BCUT2D eigenvalue weighted by atomic mass is 16.5. The van der Waals surface area contributed by atoms with E-state index in [0.717, 1.165) is 56.3 Å². The summed E-state index contributed by atoms with van der Waals surface area (Å²) in [5, 5.41) is 0. The Bertz CT molecular complexity index is 664. The first-order valence-electron chi connectivity index (χ1n) is 8.72. The van der Waals surface area contributed by atoms with Crippen molar-refractivity contribution in [1.82, 2.24) is 0 Å². The summed E-state index contributed by atoms with van der Waals surface area (Å²) in [5.41, 5.74) is 1.16. The molecule has 3 rings (SSSR count). The molecule has 2 aromatic rings. The van der Waals surface area contributed by atoms with Gasteiger partial charge in [-0.3, -0.25) is 0 Å². The Morgan fingerprint density at radius 3 is 2.08 bits per heavy atom.